The molecule has 1 atom stereocenters. The molecule has 0 unspecified atom stereocenters. The molecule has 1 aliphatic heterocycles. The van der Waals surface area contributed by atoms with Crippen LogP contribution in [-0.2, 0) is 19.6 Å². The first-order valence-electron chi connectivity index (χ1n) is 9.43. The fraction of sp³-hybridized carbons (Fsp3) is 0.450. The number of sulfonamides is 1. The lowest BCUT2D eigenvalue weighted by atomic mass is 10.1. The van der Waals surface area contributed by atoms with E-state index in [1.54, 1.807) is 19.2 Å². The van der Waals surface area contributed by atoms with E-state index in [0.717, 1.165) is 10.8 Å². The van der Waals surface area contributed by atoms with Crippen LogP contribution in [0, 0.1) is 0 Å². The second-order valence-corrected chi connectivity index (χ2v) is 8.85. The highest BCUT2D eigenvalue weighted by Gasteiger charge is 2.31. The Bertz CT molecular complexity index is 924. The van der Waals surface area contributed by atoms with Crippen molar-refractivity contribution in [3.63, 3.8) is 0 Å². The van der Waals surface area contributed by atoms with Gasteiger partial charge in [0.05, 0.1) is 17.5 Å². The summed E-state index contributed by atoms with van der Waals surface area (Å²) in [6.07, 6.45) is 0. The van der Waals surface area contributed by atoms with Crippen molar-refractivity contribution in [1.82, 2.24) is 14.5 Å². The second kappa shape index (κ2) is 9.00. The summed E-state index contributed by atoms with van der Waals surface area (Å²) in [6, 6.07) is 12.6. The van der Waals surface area contributed by atoms with Crippen LogP contribution in [-0.4, -0.2) is 76.0 Å². The molecule has 0 aromatic heterocycles. The van der Waals surface area contributed by atoms with Crippen molar-refractivity contribution >= 4 is 26.7 Å². The van der Waals surface area contributed by atoms with Crippen molar-refractivity contribution in [1.29, 1.82) is 0 Å². The van der Waals surface area contributed by atoms with E-state index in [1.165, 1.54) is 4.31 Å². The van der Waals surface area contributed by atoms with Gasteiger partial charge < -0.3 is 10.1 Å². The van der Waals surface area contributed by atoms with E-state index in [1.807, 2.05) is 42.2 Å². The number of amides is 1. The van der Waals surface area contributed by atoms with Gasteiger partial charge in [-0.15, -0.1) is 0 Å². The number of hydrogen-bond acceptors (Lipinski definition) is 5. The topological polar surface area (TPSA) is 79.0 Å². The number of nitrogens with one attached hydrogen (secondary N) is 1. The number of carbonyl (C=O) groups excluding carboxylic acids is 1. The maximum atomic E-state index is 13.0. The Morgan fingerprint density at radius 2 is 1.79 bits per heavy atom. The summed E-state index contributed by atoms with van der Waals surface area (Å²) in [6.45, 7) is 4.55. The first kappa shape index (κ1) is 20.7. The quantitative estimate of drug-likeness (QED) is 0.703. The Morgan fingerprint density at radius 1 is 1.11 bits per heavy atom. The maximum absolute atomic E-state index is 13.0. The molecule has 1 saturated heterocycles. The van der Waals surface area contributed by atoms with Crippen LogP contribution in [0.4, 0.5) is 0 Å². The number of carbonyl (C=O) groups is 1. The molecule has 1 aliphatic rings. The highest BCUT2D eigenvalue weighted by molar-refractivity contribution is 7.89. The lowest BCUT2D eigenvalue weighted by Gasteiger charge is -2.36. The van der Waals surface area contributed by atoms with E-state index in [2.05, 4.69) is 5.32 Å². The number of piperazine rings is 1. The summed E-state index contributed by atoms with van der Waals surface area (Å²) in [5.41, 5.74) is 0. The molecule has 2 aromatic carbocycles. The molecule has 152 valence electrons. The van der Waals surface area contributed by atoms with Gasteiger partial charge >= 0.3 is 0 Å². The number of hydrogen-bond donors (Lipinski definition) is 1. The fourth-order valence-electron chi connectivity index (χ4n) is 3.40. The van der Waals surface area contributed by atoms with E-state index >= 15 is 0 Å². The Kier molecular flexibility index (Phi) is 6.66. The molecule has 8 heteroatoms. The summed E-state index contributed by atoms with van der Waals surface area (Å²) in [5, 5.41) is 4.75. The molecule has 0 saturated carbocycles. The molecule has 3 rings (SSSR count). The number of benzene rings is 2. The Labute approximate surface area is 166 Å². The lowest BCUT2D eigenvalue weighted by Crippen LogP contribution is -2.55. The van der Waals surface area contributed by atoms with Gasteiger partial charge in [0, 0.05) is 39.8 Å². The van der Waals surface area contributed by atoms with E-state index in [0.29, 0.717) is 44.2 Å². The van der Waals surface area contributed by atoms with Crippen molar-refractivity contribution < 1.29 is 17.9 Å². The molecule has 1 N–H and O–H groups in total. The minimum absolute atomic E-state index is 0.0668. The fourth-order valence-corrected chi connectivity index (χ4v) is 4.86. The normalized spacial score (nSPS) is 17.5. The van der Waals surface area contributed by atoms with Crippen LogP contribution in [0.5, 0.6) is 0 Å². The van der Waals surface area contributed by atoms with Crippen molar-refractivity contribution in [3.8, 4) is 0 Å². The maximum Gasteiger partial charge on any atom is 0.243 e. The highest BCUT2D eigenvalue weighted by atomic mass is 32.2. The molecule has 1 amide bonds. The van der Waals surface area contributed by atoms with Gasteiger partial charge in [0.15, 0.2) is 0 Å². The van der Waals surface area contributed by atoms with Gasteiger partial charge in [0.1, 0.15) is 0 Å². The van der Waals surface area contributed by atoms with Crippen molar-refractivity contribution in [2.45, 2.75) is 17.9 Å². The second-order valence-electron chi connectivity index (χ2n) is 6.91. The SMILES string of the molecule is COCCNC(=O)[C@@H](C)N1CCN(S(=O)(=O)c2ccc3ccccc3c2)CC1. The van der Waals surface area contributed by atoms with Gasteiger partial charge in [-0.1, -0.05) is 30.3 Å². The molecule has 1 heterocycles. The molecule has 0 aliphatic carbocycles. The molecular weight excluding hydrogens is 378 g/mol. The highest BCUT2D eigenvalue weighted by Crippen LogP contribution is 2.23. The standard InChI is InChI=1S/C20H27N3O4S/c1-16(20(24)21-9-14-27-2)22-10-12-23(13-11-22)28(25,26)19-8-7-17-5-3-4-6-18(17)15-19/h3-8,15-16H,9-14H2,1-2H3,(H,21,24)/t16-/m1/s1. The van der Waals surface area contributed by atoms with Crippen LogP contribution < -0.4 is 5.32 Å². The lowest BCUT2D eigenvalue weighted by molar-refractivity contribution is -0.126. The van der Waals surface area contributed by atoms with Gasteiger partial charge in [0.2, 0.25) is 15.9 Å². The smallest absolute Gasteiger partial charge is 0.243 e. The molecule has 28 heavy (non-hydrogen) atoms. The Balaban J connectivity index is 1.63. The van der Waals surface area contributed by atoms with Crippen LogP contribution in [0.2, 0.25) is 0 Å². The third kappa shape index (κ3) is 4.52. The molecular formula is C20H27N3O4S. The third-order valence-electron chi connectivity index (χ3n) is 5.16. The summed E-state index contributed by atoms with van der Waals surface area (Å²) >= 11 is 0. The minimum atomic E-state index is -3.55. The number of fused-ring (bicyclic) bond motifs is 1. The zero-order chi connectivity index (χ0) is 20.1. The first-order chi connectivity index (χ1) is 13.4. The molecule has 2 aromatic rings. The number of methoxy groups -OCH3 is 1. The first-order valence-corrected chi connectivity index (χ1v) is 10.9. The summed E-state index contributed by atoms with van der Waals surface area (Å²) < 4.78 is 32.5. The number of ether oxygens (including phenoxy) is 1. The van der Waals surface area contributed by atoms with Crippen LogP contribution in [0.1, 0.15) is 6.92 Å². The summed E-state index contributed by atoms with van der Waals surface area (Å²) in [7, 11) is -1.96. The summed E-state index contributed by atoms with van der Waals surface area (Å²) in [5.74, 6) is -0.0668. The third-order valence-corrected chi connectivity index (χ3v) is 7.06. The monoisotopic (exact) mass is 405 g/mol. The van der Waals surface area contributed by atoms with E-state index in [-0.39, 0.29) is 11.9 Å². The zero-order valence-corrected chi connectivity index (χ0v) is 17.1. The predicted octanol–water partition coefficient (Wildman–Crippen LogP) is 1.30. The van der Waals surface area contributed by atoms with Crippen molar-refractivity contribution in [2.75, 3.05) is 46.4 Å². The molecule has 0 bridgehead atoms. The van der Waals surface area contributed by atoms with Gasteiger partial charge in [-0.2, -0.15) is 4.31 Å². The van der Waals surface area contributed by atoms with Crippen LogP contribution >= 0.6 is 0 Å². The van der Waals surface area contributed by atoms with Gasteiger partial charge in [-0.3, -0.25) is 9.69 Å². The summed E-state index contributed by atoms with van der Waals surface area (Å²) in [4.78, 5) is 14.5. The molecule has 0 spiro atoms. The largest absolute Gasteiger partial charge is 0.383 e. The van der Waals surface area contributed by atoms with Crippen LogP contribution in [0.3, 0.4) is 0 Å². The Morgan fingerprint density at radius 3 is 2.46 bits per heavy atom. The minimum Gasteiger partial charge on any atom is -0.383 e. The van der Waals surface area contributed by atoms with Crippen LogP contribution in [0.15, 0.2) is 47.4 Å². The van der Waals surface area contributed by atoms with Crippen LogP contribution in [0.25, 0.3) is 10.8 Å². The van der Waals surface area contributed by atoms with Crippen molar-refractivity contribution in [2.24, 2.45) is 0 Å². The molecule has 7 nitrogen and oxygen atoms in total. The number of rotatable bonds is 7. The van der Waals surface area contributed by atoms with Gasteiger partial charge in [-0.05, 0) is 29.8 Å². The average molecular weight is 406 g/mol. The molecule has 0 radical (unpaired) electrons. The van der Waals surface area contributed by atoms with Gasteiger partial charge in [-0.25, -0.2) is 8.42 Å². The average Bonchev–Trinajstić information content (AvgIpc) is 2.73. The van der Waals surface area contributed by atoms with E-state index in [4.69, 9.17) is 4.74 Å². The molecule has 1 fully saturated rings. The zero-order valence-electron chi connectivity index (χ0n) is 16.3. The van der Waals surface area contributed by atoms with E-state index < -0.39 is 10.0 Å². The van der Waals surface area contributed by atoms with E-state index in [9.17, 15) is 13.2 Å². The predicted molar refractivity (Wildman–Crippen MR) is 109 cm³/mol. The number of nitrogens with zero attached hydrogens (tertiary/aromatic N) is 2. The van der Waals surface area contributed by atoms with Gasteiger partial charge in [0.25, 0.3) is 0 Å². The Hall–Kier alpha value is -2.00. The van der Waals surface area contributed by atoms with Crippen molar-refractivity contribution in [3.05, 3.63) is 42.5 Å².